The second-order valence-corrected chi connectivity index (χ2v) is 5.83. The Balaban J connectivity index is 1.69. The summed E-state index contributed by atoms with van der Waals surface area (Å²) < 4.78 is 5.34. The van der Waals surface area contributed by atoms with Gasteiger partial charge in [-0.2, -0.15) is 0 Å². The Bertz CT molecular complexity index is 672. The van der Waals surface area contributed by atoms with Crippen LogP contribution in [-0.2, 0) is 4.74 Å². The number of nitrogens with zero attached hydrogens (tertiary/aromatic N) is 2. The van der Waals surface area contributed by atoms with Crippen LogP contribution in [0.4, 0.5) is 11.4 Å². The molecule has 5 heteroatoms. The maximum absolute atomic E-state index is 12.3. The Morgan fingerprint density at radius 3 is 2.43 bits per heavy atom. The van der Waals surface area contributed by atoms with E-state index in [-0.39, 0.29) is 5.91 Å². The van der Waals surface area contributed by atoms with E-state index in [2.05, 4.69) is 21.3 Å². The van der Waals surface area contributed by atoms with Crippen LogP contribution >= 0.6 is 0 Å². The lowest BCUT2D eigenvalue weighted by atomic mass is 10.1. The number of pyridine rings is 1. The number of nitrogens with one attached hydrogen (secondary N) is 1. The Morgan fingerprint density at radius 2 is 1.83 bits per heavy atom. The largest absolute Gasteiger partial charge is 0.378 e. The fourth-order valence-corrected chi connectivity index (χ4v) is 2.77. The van der Waals surface area contributed by atoms with E-state index < -0.39 is 0 Å². The van der Waals surface area contributed by atoms with Gasteiger partial charge in [-0.1, -0.05) is 6.07 Å². The van der Waals surface area contributed by atoms with Crippen molar-refractivity contribution in [3.05, 3.63) is 53.3 Å². The van der Waals surface area contributed by atoms with Gasteiger partial charge in [0.15, 0.2) is 0 Å². The van der Waals surface area contributed by atoms with Crippen LogP contribution in [0.15, 0.2) is 36.5 Å². The predicted molar refractivity (Wildman–Crippen MR) is 91.1 cm³/mol. The molecule has 1 saturated heterocycles. The Kier molecular flexibility index (Phi) is 4.57. The molecule has 0 aliphatic carbocycles. The molecular weight excluding hydrogens is 290 g/mol. The minimum atomic E-state index is -0.191. The summed E-state index contributed by atoms with van der Waals surface area (Å²) in [6.07, 6.45) is 1.75. The van der Waals surface area contributed by atoms with E-state index in [0.29, 0.717) is 5.69 Å². The van der Waals surface area contributed by atoms with Crippen molar-refractivity contribution in [2.75, 3.05) is 36.5 Å². The molecule has 1 aromatic heterocycles. The lowest BCUT2D eigenvalue weighted by molar-refractivity contribution is 0.102. The summed E-state index contributed by atoms with van der Waals surface area (Å²) in [7, 11) is 0. The third-order valence-corrected chi connectivity index (χ3v) is 3.84. The molecule has 0 spiro atoms. The van der Waals surface area contributed by atoms with Gasteiger partial charge in [0, 0.05) is 18.8 Å². The zero-order chi connectivity index (χ0) is 16.2. The summed E-state index contributed by atoms with van der Waals surface area (Å²) in [5, 5.41) is 2.90. The SMILES string of the molecule is Cc1cc(C)cc(NC(=O)c2ccc(N3CCOCC3)cn2)c1. The maximum atomic E-state index is 12.3. The fourth-order valence-electron chi connectivity index (χ4n) is 2.77. The molecule has 0 saturated carbocycles. The highest BCUT2D eigenvalue weighted by Crippen LogP contribution is 2.17. The molecular formula is C18H21N3O2. The van der Waals surface area contributed by atoms with Gasteiger partial charge in [0.1, 0.15) is 5.69 Å². The molecule has 0 atom stereocenters. The first-order valence-electron chi connectivity index (χ1n) is 7.80. The first-order chi connectivity index (χ1) is 11.1. The number of aromatic nitrogens is 1. The molecule has 3 rings (SSSR count). The van der Waals surface area contributed by atoms with Gasteiger partial charge in [0.05, 0.1) is 25.1 Å². The molecule has 0 radical (unpaired) electrons. The van der Waals surface area contributed by atoms with E-state index in [4.69, 9.17) is 4.74 Å². The van der Waals surface area contributed by atoms with Crippen molar-refractivity contribution in [3.8, 4) is 0 Å². The third-order valence-electron chi connectivity index (χ3n) is 3.84. The number of anilines is 2. The van der Waals surface area contributed by atoms with E-state index in [9.17, 15) is 4.79 Å². The number of benzene rings is 1. The van der Waals surface area contributed by atoms with Crippen molar-refractivity contribution < 1.29 is 9.53 Å². The molecule has 2 heterocycles. The van der Waals surface area contributed by atoms with Crippen LogP contribution in [0.5, 0.6) is 0 Å². The van der Waals surface area contributed by atoms with Gasteiger partial charge in [-0.05, 0) is 49.2 Å². The number of morpholine rings is 1. The van der Waals surface area contributed by atoms with Crippen molar-refractivity contribution in [3.63, 3.8) is 0 Å². The average Bonchev–Trinajstić information content (AvgIpc) is 2.55. The molecule has 0 bridgehead atoms. The summed E-state index contributed by atoms with van der Waals surface area (Å²) in [5.74, 6) is -0.191. The highest BCUT2D eigenvalue weighted by molar-refractivity contribution is 6.03. The fraction of sp³-hybridized carbons (Fsp3) is 0.333. The third kappa shape index (κ3) is 3.87. The van der Waals surface area contributed by atoms with Crippen LogP contribution in [0.25, 0.3) is 0 Å². The number of aryl methyl sites for hydroxylation is 2. The van der Waals surface area contributed by atoms with Crippen molar-refractivity contribution in [2.24, 2.45) is 0 Å². The second kappa shape index (κ2) is 6.79. The summed E-state index contributed by atoms with van der Waals surface area (Å²) >= 11 is 0. The number of amides is 1. The topological polar surface area (TPSA) is 54.5 Å². The van der Waals surface area contributed by atoms with E-state index in [1.165, 1.54) is 0 Å². The van der Waals surface area contributed by atoms with E-state index in [0.717, 1.165) is 48.8 Å². The van der Waals surface area contributed by atoms with Crippen LogP contribution in [0, 0.1) is 13.8 Å². The number of rotatable bonds is 3. The van der Waals surface area contributed by atoms with Gasteiger partial charge in [0.25, 0.3) is 5.91 Å². The predicted octanol–water partition coefficient (Wildman–Crippen LogP) is 2.79. The van der Waals surface area contributed by atoms with Gasteiger partial charge in [-0.25, -0.2) is 4.98 Å². The van der Waals surface area contributed by atoms with Gasteiger partial charge in [-0.3, -0.25) is 4.79 Å². The molecule has 1 fully saturated rings. The second-order valence-electron chi connectivity index (χ2n) is 5.83. The van der Waals surface area contributed by atoms with E-state index >= 15 is 0 Å². The van der Waals surface area contributed by atoms with Gasteiger partial charge in [0.2, 0.25) is 0 Å². The number of ether oxygens (including phenoxy) is 1. The van der Waals surface area contributed by atoms with Crippen molar-refractivity contribution in [1.29, 1.82) is 0 Å². The zero-order valence-electron chi connectivity index (χ0n) is 13.5. The number of hydrogen-bond donors (Lipinski definition) is 1. The summed E-state index contributed by atoms with van der Waals surface area (Å²) in [6.45, 7) is 7.20. The molecule has 1 aromatic carbocycles. The Labute approximate surface area is 136 Å². The summed E-state index contributed by atoms with van der Waals surface area (Å²) in [5.41, 5.74) is 4.48. The minimum absolute atomic E-state index is 0.191. The summed E-state index contributed by atoms with van der Waals surface area (Å²) in [6, 6.07) is 9.68. The Morgan fingerprint density at radius 1 is 1.13 bits per heavy atom. The molecule has 23 heavy (non-hydrogen) atoms. The smallest absolute Gasteiger partial charge is 0.274 e. The monoisotopic (exact) mass is 311 g/mol. The highest BCUT2D eigenvalue weighted by atomic mass is 16.5. The summed E-state index contributed by atoms with van der Waals surface area (Å²) in [4.78, 5) is 18.8. The van der Waals surface area contributed by atoms with Gasteiger partial charge in [-0.15, -0.1) is 0 Å². The number of carbonyl (C=O) groups is 1. The minimum Gasteiger partial charge on any atom is -0.378 e. The standard InChI is InChI=1S/C18H21N3O2/c1-13-9-14(2)11-15(10-13)20-18(22)17-4-3-16(12-19-17)21-5-7-23-8-6-21/h3-4,9-12H,5-8H2,1-2H3,(H,20,22). The zero-order valence-corrected chi connectivity index (χ0v) is 13.5. The van der Waals surface area contributed by atoms with Crippen molar-refractivity contribution in [1.82, 2.24) is 4.98 Å². The normalized spacial score (nSPS) is 14.6. The van der Waals surface area contributed by atoms with E-state index in [1.54, 1.807) is 12.3 Å². The van der Waals surface area contributed by atoms with Crippen LogP contribution in [0.1, 0.15) is 21.6 Å². The lowest BCUT2D eigenvalue weighted by Gasteiger charge is -2.28. The number of carbonyl (C=O) groups excluding carboxylic acids is 1. The first kappa shape index (κ1) is 15.5. The average molecular weight is 311 g/mol. The highest BCUT2D eigenvalue weighted by Gasteiger charge is 2.13. The molecule has 5 nitrogen and oxygen atoms in total. The molecule has 120 valence electrons. The van der Waals surface area contributed by atoms with Crippen LogP contribution in [0.3, 0.4) is 0 Å². The molecule has 1 amide bonds. The van der Waals surface area contributed by atoms with Gasteiger partial charge >= 0.3 is 0 Å². The van der Waals surface area contributed by atoms with Crippen LogP contribution < -0.4 is 10.2 Å². The van der Waals surface area contributed by atoms with Crippen LogP contribution in [0.2, 0.25) is 0 Å². The maximum Gasteiger partial charge on any atom is 0.274 e. The quantitative estimate of drug-likeness (QED) is 0.947. The lowest BCUT2D eigenvalue weighted by Crippen LogP contribution is -2.36. The first-order valence-corrected chi connectivity index (χ1v) is 7.80. The molecule has 2 aromatic rings. The molecule has 1 aliphatic heterocycles. The molecule has 1 aliphatic rings. The Hall–Kier alpha value is -2.40. The van der Waals surface area contributed by atoms with E-state index in [1.807, 2.05) is 32.0 Å². The van der Waals surface area contributed by atoms with Crippen molar-refractivity contribution in [2.45, 2.75) is 13.8 Å². The van der Waals surface area contributed by atoms with Crippen molar-refractivity contribution >= 4 is 17.3 Å². The molecule has 0 unspecified atom stereocenters. The number of hydrogen-bond acceptors (Lipinski definition) is 4. The van der Waals surface area contributed by atoms with Gasteiger partial charge < -0.3 is 15.0 Å². The van der Waals surface area contributed by atoms with Crippen LogP contribution in [-0.4, -0.2) is 37.2 Å². The molecule has 1 N–H and O–H groups in total.